The van der Waals surface area contributed by atoms with E-state index in [1.807, 2.05) is 25.1 Å². The Labute approximate surface area is 104 Å². The third-order valence-electron chi connectivity index (χ3n) is 3.37. The molecule has 1 fully saturated rings. The molecule has 0 unspecified atom stereocenters. The van der Waals surface area contributed by atoms with E-state index in [1.165, 1.54) is 0 Å². The van der Waals surface area contributed by atoms with E-state index in [1.54, 1.807) is 4.90 Å². The van der Waals surface area contributed by atoms with Crippen LogP contribution in [0.4, 0.5) is 0 Å². The molecule has 2 N–H and O–H groups in total. The van der Waals surface area contributed by atoms with Gasteiger partial charge in [-0.05, 0) is 25.5 Å². The number of nitrogens with one attached hydrogen (secondary N) is 1. The lowest BCUT2D eigenvalue weighted by molar-refractivity contribution is 0.0761. The fourth-order valence-corrected chi connectivity index (χ4v) is 2.37. The highest BCUT2D eigenvalue weighted by Gasteiger charge is 2.27. The predicted molar refractivity (Wildman–Crippen MR) is 67.4 cm³/mol. The molecule has 94 valence electrons. The van der Waals surface area contributed by atoms with Crippen molar-refractivity contribution in [3.8, 4) is 0 Å². The number of carbonyl (C=O) groups excluding carboxylic acids is 1. The molecule has 5 nitrogen and oxygen atoms in total. The molecule has 2 heterocycles. The van der Waals surface area contributed by atoms with Crippen molar-refractivity contribution < 1.29 is 9.90 Å². The summed E-state index contributed by atoms with van der Waals surface area (Å²) >= 11 is 0. The normalized spacial score (nSPS) is 19.7. The number of likely N-dealkylation sites (tertiary alicyclic amines) is 1. The lowest BCUT2D eigenvalue weighted by Gasteiger charge is -2.13. The first kappa shape index (κ1) is 11.2. The zero-order valence-electron chi connectivity index (χ0n) is 10.2. The highest BCUT2D eigenvalue weighted by molar-refractivity contribution is 6.04. The van der Waals surface area contributed by atoms with Crippen molar-refractivity contribution in [1.82, 2.24) is 15.1 Å². The number of benzene rings is 1. The third-order valence-corrected chi connectivity index (χ3v) is 3.37. The average molecular weight is 245 g/mol. The number of aryl methyl sites for hydroxylation is 1. The number of β-amino-alcohol motifs (C(OH)–C–C–N with tert-alkyl or cyclic N) is 1. The molecular formula is C13H15N3O2. The minimum atomic E-state index is -0.402. The molecule has 2 aromatic rings. The van der Waals surface area contributed by atoms with Crippen molar-refractivity contribution in [3.05, 3.63) is 29.5 Å². The minimum absolute atomic E-state index is 0.108. The number of hydrogen-bond donors (Lipinski definition) is 2. The topological polar surface area (TPSA) is 69.2 Å². The second-order valence-corrected chi connectivity index (χ2v) is 4.81. The summed E-state index contributed by atoms with van der Waals surface area (Å²) in [6, 6.07) is 5.86. The number of H-pyrrole nitrogens is 1. The Morgan fingerprint density at radius 1 is 1.56 bits per heavy atom. The summed E-state index contributed by atoms with van der Waals surface area (Å²) in [5.74, 6) is -0.108. The summed E-state index contributed by atoms with van der Waals surface area (Å²) in [4.78, 5) is 14.0. The summed E-state index contributed by atoms with van der Waals surface area (Å²) in [7, 11) is 0. The van der Waals surface area contributed by atoms with Crippen LogP contribution in [0.5, 0.6) is 0 Å². The van der Waals surface area contributed by atoms with Crippen molar-refractivity contribution in [2.75, 3.05) is 13.1 Å². The van der Waals surface area contributed by atoms with E-state index in [0.29, 0.717) is 25.2 Å². The monoisotopic (exact) mass is 245 g/mol. The number of aliphatic hydroxyl groups is 1. The number of aromatic amines is 1. The van der Waals surface area contributed by atoms with Gasteiger partial charge in [-0.2, -0.15) is 5.10 Å². The molecule has 5 heteroatoms. The lowest BCUT2D eigenvalue weighted by atomic mass is 10.1. The van der Waals surface area contributed by atoms with Gasteiger partial charge in [0.25, 0.3) is 5.91 Å². The zero-order chi connectivity index (χ0) is 12.7. The molecule has 0 aliphatic carbocycles. The lowest BCUT2D eigenvalue weighted by Crippen LogP contribution is -2.29. The van der Waals surface area contributed by atoms with Gasteiger partial charge in [0.1, 0.15) is 0 Å². The van der Waals surface area contributed by atoms with Crippen molar-refractivity contribution in [1.29, 1.82) is 0 Å². The number of aliphatic hydroxyl groups excluding tert-OH is 1. The van der Waals surface area contributed by atoms with Gasteiger partial charge in [-0.3, -0.25) is 9.89 Å². The van der Waals surface area contributed by atoms with Crippen molar-refractivity contribution in [3.63, 3.8) is 0 Å². The largest absolute Gasteiger partial charge is 0.391 e. The number of amides is 1. The van der Waals surface area contributed by atoms with E-state index >= 15 is 0 Å². The standard InChI is InChI=1S/C13H15N3O2/c1-8-2-3-11-10(6-8)12(15-14-11)13(18)16-5-4-9(17)7-16/h2-3,6,9,17H,4-5,7H2,1H3,(H,14,15)/t9-/m1/s1. The smallest absolute Gasteiger partial charge is 0.275 e. The number of carbonyl (C=O) groups is 1. The first-order valence-corrected chi connectivity index (χ1v) is 6.07. The molecule has 1 aliphatic heterocycles. The Balaban J connectivity index is 1.99. The summed E-state index contributed by atoms with van der Waals surface area (Å²) in [5.41, 5.74) is 2.41. The Morgan fingerprint density at radius 3 is 3.11 bits per heavy atom. The van der Waals surface area contributed by atoms with Gasteiger partial charge >= 0.3 is 0 Å². The van der Waals surface area contributed by atoms with Crippen LogP contribution in [-0.4, -0.2) is 45.3 Å². The van der Waals surface area contributed by atoms with Gasteiger partial charge in [0.2, 0.25) is 0 Å². The first-order chi connectivity index (χ1) is 8.65. The number of hydrogen-bond acceptors (Lipinski definition) is 3. The zero-order valence-corrected chi connectivity index (χ0v) is 10.2. The van der Waals surface area contributed by atoms with E-state index in [-0.39, 0.29) is 5.91 Å². The van der Waals surface area contributed by atoms with Crippen LogP contribution in [0.3, 0.4) is 0 Å². The second kappa shape index (κ2) is 4.10. The highest BCUT2D eigenvalue weighted by Crippen LogP contribution is 2.20. The van der Waals surface area contributed by atoms with E-state index in [2.05, 4.69) is 10.2 Å². The van der Waals surface area contributed by atoms with Crippen LogP contribution in [0.25, 0.3) is 10.9 Å². The van der Waals surface area contributed by atoms with Crippen molar-refractivity contribution in [2.24, 2.45) is 0 Å². The van der Waals surface area contributed by atoms with E-state index in [4.69, 9.17) is 0 Å². The van der Waals surface area contributed by atoms with Gasteiger partial charge in [-0.25, -0.2) is 0 Å². The van der Waals surface area contributed by atoms with Crippen LogP contribution in [0, 0.1) is 6.92 Å². The van der Waals surface area contributed by atoms with Gasteiger partial charge in [-0.15, -0.1) is 0 Å². The number of aromatic nitrogens is 2. The van der Waals surface area contributed by atoms with Crippen LogP contribution < -0.4 is 0 Å². The number of fused-ring (bicyclic) bond motifs is 1. The van der Waals surface area contributed by atoms with Crippen LogP contribution >= 0.6 is 0 Å². The Bertz CT molecular complexity index is 605. The molecule has 0 radical (unpaired) electrons. The first-order valence-electron chi connectivity index (χ1n) is 6.07. The summed E-state index contributed by atoms with van der Waals surface area (Å²) in [6.07, 6.45) is 0.244. The maximum absolute atomic E-state index is 12.3. The predicted octanol–water partition coefficient (Wildman–Crippen LogP) is 1.08. The van der Waals surface area contributed by atoms with Gasteiger partial charge in [0.15, 0.2) is 5.69 Å². The summed E-state index contributed by atoms with van der Waals surface area (Å²) in [6.45, 7) is 2.99. The summed E-state index contributed by atoms with van der Waals surface area (Å²) in [5, 5.41) is 17.3. The maximum Gasteiger partial charge on any atom is 0.275 e. The van der Waals surface area contributed by atoms with Crippen LogP contribution in [0.1, 0.15) is 22.5 Å². The number of nitrogens with zero attached hydrogens (tertiary/aromatic N) is 2. The Kier molecular flexibility index (Phi) is 2.56. The molecule has 0 bridgehead atoms. The highest BCUT2D eigenvalue weighted by atomic mass is 16.3. The fourth-order valence-electron chi connectivity index (χ4n) is 2.37. The molecule has 1 aromatic heterocycles. The van der Waals surface area contributed by atoms with Crippen LogP contribution in [-0.2, 0) is 0 Å². The van der Waals surface area contributed by atoms with Gasteiger partial charge in [-0.1, -0.05) is 11.6 Å². The molecule has 1 saturated heterocycles. The van der Waals surface area contributed by atoms with Gasteiger partial charge < -0.3 is 10.0 Å². The van der Waals surface area contributed by atoms with E-state index in [9.17, 15) is 9.90 Å². The molecule has 1 atom stereocenters. The molecule has 0 saturated carbocycles. The second-order valence-electron chi connectivity index (χ2n) is 4.81. The molecule has 1 aromatic carbocycles. The quantitative estimate of drug-likeness (QED) is 0.789. The molecular weight excluding hydrogens is 230 g/mol. The molecule has 3 rings (SSSR count). The molecule has 1 amide bonds. The van der Waals surface area contributed by atoms with Crippen LogP contribution in [0.2, 0.25) is 0 Å². The SMILES string of the molecule is Cc1ccc2[nH]nc(C(=O)N3CC[C@@H](O)C3)c2c1. The fraction of sp³-hybridized carbons (Fsp3) is 0.385. The van der Waals surface area contributed by atoms with Crippen molar-refractivity contribution in [2.45, 2.75) is 19.4 Å². The minimum Gasteiger partial charge on any atom is -0.391 e. The van der Waals surface area contributed by atoms with Crippen molar-refractivity contribution >= 4 is 16.8 Å². The van der Waals surface area contributed by atoms with Crippen LogP contribution in [0.15, 0.2) is 18.2 Å². The third kappa shape index (κ3) is 1.76. The summed E-state index contributed by atoms with van der Waals surface area (Å²) < 4.78 is 0. The molecule has 0 spiro atoms. The number of rotatable bonds is 1. The Morgan fingerprint density at radius 2 is 2.39 bits per heavy atom. The van der Waals surface area contributed by atoms with Gasteiger partial charge in [0, 0.05) is 18.5 Å². The van der Waals surface area contributed by atoms with E-state index < -0.39 is 6.10 Å². The molecule has 1 aliphatic rings. The Hall–Kier alpha value is -1.88. The average Bonchev–Trinajstić information content (AvgIpc) is 2.94. The maximum atomic E-state index is 12.3. The van der Waals surface area contributed by atoms with Gasteiger partial charge in [0.05, 0.1) is 11.6 Å². The molecule has 18 heavy (non-hydrogen) atoms. The van der Waals surface area contributed by atoms with E-state index in [0.717, 1.165) is 16.5 Å².